The summed E-state index contributed by atoms with van der Waals surface area (Å²) in [7, 11) is 0. The number of hydrogen-bond donors (Lipinski definition) is 1. The molecule has 2 heterocycles. The molecule has 0 saturated carbocycles. The van der Waals surface area contributed by atoms with Crippen LogP contribution in [0.2, 0.25) is 5.02 Å². The summed E-state index contributed by atoms with van der Waals surface area (Å²) < 4.78 is 13.5. The van der Waals surface area contributed by atoms with Crippen molar-refractivity contribution >= 4 is 34.3 Å². The Balaban J connectivity index is 1.51. The van der Waals surface area contributed by atoms with E-state index in [1.165, 1.54) is 12.1 Å². The van der Waals surface area contributed by atoms with Gasteiger partial charge in [0, 0.05) is 29.4 Å². The molecule has 1 aromatic heterocycles. The second-order valence-electron chi connectivity index (χ2n) is 7.55. The normalized spacial score (nSPS) is 14.8. The molecule has 2 N–H and O–H groups in total. The number of fused-ring (bicyclic) bond motifs is 1. The van der Waals surface area contributed by atoms with Crippen LogP contribution in [0.15, 0.2) is 48.5 Å². The maximum Gasteiger partial charge on any atom is 0.250 e. The van der Waals surface area contributed by atoms with Gasteiger partial charge in [-0.25, -0.2) is 4.39 Å². The number of aromatic nitrogens is 1. The number of nitrogens with zero attached hydrogens (tertiary/aromatic N) is 2. The van der Waals surface area contributed by atoms with Gasteiger partial charge in [-0.05, 0) is 48.7 Å². The maximum atomic E-state index is 13.5. The molecule has 2 aromatic carbocycles. The van der Waals surface area contributed by atoms with Crippen LogP contribution in [0.3, 0.4) is 0 Å². The van der Waals surface area contributed by atoms with E-state index in [1.54, 1.807) is 18.2 Å². The first-order valence-corrected chi connectivity index (χ1v) is 10.2. The van der Waals surface area contributed by atoms with Gasteiger partial charge in [0.1, 0.15) is 5.82 Å². The zero-order valence-electron chi connectivity index (χ0n) is 16.3. The molecule has 0 radical (unpaired) electrons. The Morgan fingerprint density at radius 1 is 1.13 bits per heavy atom. The van der Waals surface area contributed by atoms with Crippen LogP contribution in [-0.4, -0.2) is 34.8 Å². The standard InChI is InChI=1S/C23H21ClFN3O2/c24-19-4-2-1-3-15(19)13-21(29)28-9-7-14(8-10-28)22-18(23(26)30)12-16-11-17(25)5-6-20(16)27-22/h1-6,11-12,14H,7-10,13H2,(H2,26,30). The number of carbonyl (C=O) groups excluding carboxylic acids is 2. The largest absolute Gasteiger partial charge is 0.366 e. The summed E-state index contributed by atoms with van der Waals surface area (Å²) in [4.78, 5) is 31.1. The molecule has 5 nitrogen and oxygen atoms in total. The Bertz CT molecular complexity index is 1130. The number of carbonyl (C=O) groups is 2. The van der Waals surface area contributed by atoms with Crippen molar-refractivity contribution in [1.29, 1.82) is 0 Å². The summed E-state index contributed by atoms with van der Waals surface area (Å²) in [5.41, 5.74) is 7.94. The Labute approximate surface area is 178 Å². The molecule has 0 atom stereocenters. The molecular weight excluding hydrogens is 405 g/mol. The fraction of sp³-hybridized carbons (Fsp3) is 0.261. The summed E-state index contributed by atoms with van der Waals surface area (Å²) in [5, 5.41) is 1.13. The number of primary amides is 1. The van der Waals surface area contributed by atoms with Crippen molar-refractivity contribution in [3.63, 3.8) is 0 Å². The van der Waals surface area contributed by atoms with Gasteiger partial charge in [-0.2, -0.15) is 0 Å². The predicted octanol–water partition coefficient (Wildman–Crippen LogP) is 4.07. The van der Waals surface area contributed by atoms with E-state index in [2.05, 4.69) is 4.98 Å². The predicted molar refractivity (Wildman–Crippen MR) is 114 cm³/mol. The van der Waals surface area contributed by atoms with Crippen LogP contribution in [0.4, 0.5) is 4.39 Å². The Kier molecular flexibility index (Phi) is 5.68. The molecule has 0 aliphatic carbocycles. The number of halogens is 2. The fourth-order valence-corrected chi connectivity index (χ4v) is 4.19. The lowest BCUT2D eigenvalue weighted by molar-refractivity contribution is -0.131. The Morgan fingerprint density at radius 3 is 2.57 bits per heavy atom. The third-order valence-corrected chi connectivity index (χ3v) is 5.97. The minimum atomic E-state index is -0.583. The number of likely N-dealkylation sites (tertiary alicyclic amines) is 1. The molecule has 3 aromatic rings. The van der Waals surface area contributed by atoms with Gasteiger partial charge in [0.15, 0.2) is 0 Å². The molecule has 1 aliphatic heterocycles. The number of hydrogen-bond acceptors (Lipinski definition) is 3. The molecule has 2 amide bonds. The third kappa shape index (κ3) is 4.14. The first kappa shape index (κ1) is 20.3. The minimum Gasteiger partial charge on any atom is -0.366 e. The number of benzene rings is 2. The smallest absolute Gasteiger partial charge is 0.250 e. The monoisotopic (exact) mass is 425 g/mol. The van der Waals surface area contributed by atoms with Crippen LogP contribution in [0.5, 0.6) is 0 Å². The molecule has 0 bridgehead atoms. The minimum absolute atomic E-state index is 0.00585. The van der Waals surface area contributed by atoms with Crippen molar-refractivity contribution in [1.82, 2.24) is 9.88 Å². The van der Waals surface area contributed by atoms with E-state index >= 15 is 0 Å². The van der Waals surface area contributed by atoms with E-state index in [1.807, 2.05) is 23.1 Å². The topological polar surface area (TPSA) is 76.3 Å². The molecule has 1 saturated heterocycles. The number of rotatable bonds is 4. The van der Waals surface area contributed by atoms with Crippen molar-refractivity contribution in [2.75, 3.05) is 13.1 Å². The SMILES string of the molecule is NC(=O)c1cc2cc(F)ccc2nc1C1CCN(C(=O)Cc2ccccc2Cl)CC1. The Hall–Kier alpha value is -2.99. The van der Waals surface area contributed by atoms with Gasteiger partial charge in [0.2, 0.25) is 5.91 Å². The summed E-state index contributed by atoms with van der Waals surface area (Å²) in [6.07, 6.45) is 1.61. The van der Waals surface area contributed by atoms with Crippen LogP contribution >= 0.6 is 11.6 Å². The molecule has 0 unspecified atom stereocenters. The van der Waals surface area contributed by atoms with E-state index in [0.717, 1.165) is 5.56 Å². The van der Waals surface area contributed by atoms with Crippen molar-refractivity contribution in [3.8, 4) is 0 Å². The summed E-state index contributed by atoms with van der Waals surface area (Å²) in [6.45, 7) is 1.13. The van der Waals surface area contributed by atoms with E-state index in [-0.39, 0.29) is 18.2 Å². The van der Waals surface area contributed by atoms with Crippen LogP contribution < -0.4 is 5.73 Å². The highest BCUT2D eigenvalue weighted by Gasteiger charge is 2.28. The van der Waals surface area contributed by atoms with Gasteiger partial charge >= 0.3 is 0 Å². The van der Waals surface area contributed by atoms with Crippen LogP contribution in [0.25, 0.3) is 10.9 Å². The van der Waals surface area contributed by atoms with Crippen molar-refractivity contribution < 1.29 is 14.0 Å². The number of pyridine rings is 1. The van der Waals surface area contributed by atoms with E-state index in [0.29, 0.717) is 53.1 Å². The third-order valence-electron chi connectivity index (χ3n) is 5.61. The quantitative estimate of drug-likeness (QED) is 0.684. The van der Waals surface area contributed by atoms with Crippen LogP contribution in [0, 0.1) is 5.82 Å². The molecule has 1 aliphatic rings. The zero-order chi connectivity index (χ0) is 21.3. The van der Waals surface area contributed by atoms with Gasteiger partial charge in [0.25, 0.3) is 5.91 Å². The molecular formula is C23H21ClFN3O2. The molecule has 0 spiro atoms. The van der Waals surface area contributed by atoms with E-state index in [4.69, 9.17) is 17.3 Å². The highest BCUT2D eigenvalue weighted by molar-refractivity contribution is 6.31. The second-order valence-corrected chi connectivity index (χ2v) is 7.95. The average molecular weight is 426 g/mol. The fourth-order valence-electron chi connectivity index (χ4n) is 3.99. The molecule has 4 rings (SSSR count). The van der Waals surface area contributed by atoms with Gasteiger partial charge in [0.05, 0.1) is 23.2 Å². The number of amides is 2. The maximum absolute atomic E-state index is 13.5. The van der Waals surface area contributed by atoms with Gasteiger partial charge in [-0.1, -0.05) is 29.8 Å². The first-order valence-electron chi connectivity index (χ1n) is 9.83. The summed E-state index contributed by atoms with van der Waals surface area (Å²) in [6, 6.07) is 13.2. The van der Waals surface area contributed by atoms with Crippen molar-refractivity contribution in [3.05, 3.63) is 76.2 Å². The highest BCUT2D eigenvalue weighted by Crippen LogP contribution is 2.31. The lowest BCUT2D eigenvalue weighted by Gasteiger charge is -2.32. The van der Waals surface area contributed by atoms with Gasteiger partial charge in [-0.3, -0.25) is 14.6 Å². The van der Waals surface area contributed by atoms with Gasteiger partial charge in [-0.15, -0.1) is 0 Å². The summed E-state index contributed by atoms with van der Waals surface area (Å²) in [5.74, 6) is -0.941. The highest BCUT2D eigenvalue weighted by atomic mass is 35.5. The molecule has 154 valence electrons. The molecule has 30 heavy (non-hydrogen) atoms. The molecule has 1 fully saturated rings. The van der Waals surface area contributed by atoms with E-state index in [9.17, 15) is 14.0 Å². The van der Waals surface area contributed by atoms with Crippen LogP contribution in [0.1, 0.15) is 40.4 Å². The number of piperidine rings is 1. The van der Waals surface area contributed by atoms with Gasteiger partial charge < -0.3 is 10.6 Å². The second kappa shape index (κ2) is 8.40. The summed E-state index contributed by atoms with van der Waals surface area (Å²) >= 11 is 6.17. The number of nitrogens with two attached hydrogens (primary N) is 1. The average Bonchev–Trinajstić information content (AvgIpc) is 2.74. The Morgan fingerprint density at radius 2 is 1.87 bits per heavy atom. The van der Waals surface area contributed by atoms with Crippen molar-refractivity contribution in [2.24, 2.45) is 5.73 Å². The zero-order valence-corrected chi connectivity index (χ0v) is 17.0. The molecule has 7 heteroatoms. The first-order chi connectivity index (χ1) is 14.4. The lowest BCUT2D eigenvalue weighted by Crippen LogP contribution is -2.39. The van der Waals surface area contributed by atoms with Crippen LogP contribution in [-0.2, 0) is 11.2 Å². The van der Waals surface area contributed by atoms with E-state index < -0.39 is 11.7 Å². The van der Waals surface area contributed by atoms with Crippen molar-refractivity contribution in [2.45, 2.75) is 25.2 Å². The lowest BCUT2D eigenvalue weighted by atomic mass is 9.89.